The molecule has 0 unspecified atom stereocenters. The van der Waals surface area contributed by atoms with Crippen LogP contribution in [-0.4, -0.2) is 50.9 Å². The first-order chi connectivity index (χ1) is 11.8. The zero-order valence-corrected chi connectivity index (χ0v) is 13.0. The molecular weight excluding hydrogens is 306 g/mol. The summed E-state index contributed by atoms with van der Waals surface area (Å²) in [4.78, 5) is 27.3. The largest absolute Gasteiger partial charge is 0.367 e. The van der Waals surface area contributed by atoms with E-state index < -0.39 is 0 Å². The van der Waals surface area contributed by atoms with Crippen LogP contribution < -0.4 is 15.4 Å². The van der Waals surface area contributed by atoms with E-state index in [1.54, 1.807) is 29.3 Å². The van der Waals surface area contributed by atoms with Crippen molar-refractivity contribution in [3.8, 4) is 5.82 Å². The maximum Gasteiger partial charge on any atom is 0.248 e. The molecule has 0 spiro atoms. The van der Waals surface area contributed by atoms with Crippen LogP contribution in [0.25, 0.3) is 5.82 Å². The van der Waals surface area contributed by atoms with Crippen molar-refractivity contribution in [1.82, 2.24) is 24.7 Å². The van der Waals surface area contributed by atoms with E-state index in [4.69, 9.17) is 0 Å². The number of aromatic amines is 1. The monoisotopic (exact) mass is 323 g/mol. The van der Waals surface area contributed by atoms with Crippen LogP contribution in [0.1, 0.15) is 0 Å². The SMILES string of the molecule is O=c1ccc(N2CCN(c3nccc(-n4cccn4)n3)CC2)c[nH]1. The normalized spacial score (nSPS) is 14.8. The first-order valence-corrected chi connectivity index (χ1v) is 7.81. The average Bonchev–Trinajstić information content (AvgIpc) is 3.17. The van der Waals surface area contributed by atoms with Gasteiger partial charge in [-0.25, -0.2) is 9.67 Å². The molecule has 4 heterocycles. The predicted octanol–water partition coefficient (Wildman–Crippen LogP) is 0.677. The van der Waals surface area contributed by atoms with Gasteiger partial charge in [-0.15, -0.1) is 0 Å². The average molecular weight is 323 g/mol. The van der Waals surface area contributed by atoms with Gasteiger partial charge in [0.05, 0.1) is 5.69 Å². The minimum atomic E-state index is -0.0822. The number of hydrogen-bond acceptors (Lipinski definition) is 6. The molecule has 1 N–H and O–H groups in total. The molecule has 3 aromatic heterocycles. The molecule has 1 aliphatic heterocycles. The first kappa shape index (κ1) is 14.4. The molecule has 0 amide bonds. The van der Waals surface area contributed by atoms with Gasteiger partial charge >= 0.3 is 0 Å². The highest BCUT2D eigenvalue weighted by atomic mass is 16.1. The van der Waals surface area contributed by atoms with Crippen LogP contribution in [0, 0.1) is 0 Å². The van der Waals surface area contributed by atoms with Crippen molar-refractivity contribution >= 4 is 11.6 Å². The Morgan fingerprint density at radius 1 is 1.00 bits per heavy atom. The van der Waals surface area contributed by atoms with E-state index in [0.717, 1.165) is 37.7 Å². The van der Waals surface area contributed by atoms with Gasteiger partial charge in [-0.3, -0.25) is 4.79 Å². The van der Waals surface area contributed by atoms with Crippen molar-refractivity contribution in [2.45, 2.75) is 0 Å². The predicted molar refractivity (Wildman–Crippen MR) is 90.6 cm³/mol. The zero-order valence-electron chi connectivity index (χ0n) is 13.0. The summed E-state index contributed by atoms with van der Waals surface area (Å²) in [5, 5.41) is 4.20. The summed E-state index contributed by atoms with van der Waals surface area (Å²) < 4.78 is 1.72. The molecule has 1 fully saturated rings. The summed E-state index contributed by atoms with van der Waals surface area (Å²) in [6.45, 7) is 3.34. The second kappa shape index (κ2) is 6.15. The number of nitrogens with zero attached hydrogens (tertiary/aromatic N) is 6. The van der Waals surface area contributed by atoms with Gasteiger partial charge < -0.3 is 14.8 Å². The van der Waals surface area contributed by atoms with Crippen molar-refractivity contribution in [2.24, 2.45) is 0 Å². The lowest BCUT2D eigenvalue weighted by molar-refractivity contribution is 0.637. The van der Waals surface area contributed by atoms with Gasteiger partial charge in [0.15, 0.2) is 5.82 Å². The lowest BCUT2D eigenvalue weighted by Crippen LogP contribution is -2.47. The van der Waals surface area contributed by atoms with Crippen LogP contribution in [0.3, 0.4) is 0 Å². The third kappa shape index (κ3) is 2.85. The maximum absolute atomic E-state index is 11.2. The summed E-state index contributed by atoms with van der Waals surface area (Å²) >= 11 is 0. The maximum atomic E-state index is 11.2. The van der Waals surface area contributed by atoms with Crippen LogP contribution in [-0.2, 0) is 0 Å². The summed E-state index contributed by atoms with van der Waals surface area (Å²) in [5.74, 6) is 1.47. The number of pyridine rings is 1. The molecule has 0 atom stereocenters. The molecule has 0 radical (unpaired) electrons. The van der Waals surface area contributed by atoms with E-state index in [-0.39, 0.29) is 5.56 Å². The number of piperazine rings is 1. The number of hydrogen-bond donors (Lipinski definition) is 1. The molecular formula is C16H17N7O. The molecule has 3 aromatic rings. The molecule has 8 heteroatoms. The number of rotatable bonds is 3. The summed E-state index contributed by atoms with van der Waals surface area (Å²) in [7, 11) is 0. The molecule has 4 rings (SSSR count). The van der Waals surface area contributed by atoms with Crippen LogP contribution in [0.4, 0.5) is 11.6 Å². The molecule has 1 aliphatic rings. The lowest BCUT2D eigenvalue weighted by Gasteiger charge is -2.35. The zero-order chi connectivity index (χ0) is 16.4. The Labute approximate surface area is 138 Å². The molecule has 0 bridgehead atoms. The van der Waals surface area contributed by atoms with E-state index >= 15 is 0 Å². The third-order valence-electron chi connectivity index (χ3n) is 4.06. The Bertz CT molecular complexity index is 846. The summed E-state index contributed by atoms with van der Waals surface area (Å²) in [5.41, 5.74) is 0.946. The van der Waals surface area contributed by atoms with Crippen LogP contribution in [0.5, 0.6) is 0 Å². The van der Waals surface area contributed by atoms with Crippen molar-refractivity contribution in [1.29, 1.82) is 0 Å². The number of H-pyrrole nitrogens is 1. The van der Waals surface area contributed by atoms with E-state index in [1.165, 1.54) is 0 Å². The van der Waals surface area contributed by atoms with Crippen LogP contribution in [0.15, 0.2) is 53.8 Å². The number of aromatic nitrogens is 5. The van der Waals surface area contributed by atoms with Gasteiger partial charge in [0.25, 0.3) is 0 Å². The molecule has 1 saturated heterocycles. The van der Waals surface area contributed by atoms with Gasteiger partial charge in [0.1, 0.15) is 0 Å². The molecule has 8 nitrogen and oxygen atoms in total. The van der Waals surface area contributed by atoms with E-state index in [0.29, 0.717) is 5.95 Å². The molecule has 24 heavy (non-hydrogen) atoms. The standard InChI is InChI=1S/C16H17N7O/c24-15-3-2-13(12-18-15)21-8-10-22(11-9-21)16-17-6-4-14(20-16)23-7-1-5-19-23/h1-7,12H,8-11H2,(H,18,24). The fourth-order valence-electron chi connectivity index (χ4n) is 2.79. The van der Waals surface area contributed by atoms with E-state index in [9.17, 15) is 4.79 Å². The second-order valence-electron chi connectivity index (χ2n) is 5.55. The number of anilines is 2. The summed E-state index contributed by atoms with van der Waals surface area (Å²) in [6.07, 6.45) is 7.10. The molecule has 0 aliphatic carbocycles. The Kier molecular flexibility index (Phi) is 3.70. The third-order valence-corrected chi connectivity index (χ3v) is 4.06. The van der Waals surface area contributed by atoms with E-state index in [1.807, 2.05) is 24.4 Å². The topological polar surface area (TPSA) is 82.9 Å². The van der Waals surface area contributed by atoms with Crippen molar-refractivity contribution in [3.63, 3.8) is 0 Å². The fourth-order valence-corrected chi connectivity index (χ4v) is 2.79. The second-order valence-corrected chi connectivity index (χ2v) is 5.55. The highest BCUT2D eigenvalue weighted by molar-refractivity contribution is 5.46. The highest BCUT2D eigenvalue weighted by Crippen LogP contribution is 2.17. The first-order valence-electron chi connectivity index (χ1n) is 7.81. The van der Waals surface area contributed by atoms with Gasteiger partial charge in [0.2, 0.25) is 11.5 Å². The smallest absolute Gasteiger partial charge is 0.248 e. The van der Waals surface area contributed by atoms with Gasteiger partial charge in [-0.2, -0.15) is 10.1 Å². The van der Waals surface area contributed by atoms with Crippen molar-refractivity contribution < 1.29 is 0 Å². The molecule has 0 saturated carbocycles. The Balaban J connectivity index is 1.47. The van der Waals surface area contributed by atoms with E-state index in [2.05, 4.69) is 29.9 Å². The van der Waals surface area contributed by atoms with Gasteiger partial charge in [-0.1, -0.05) is 0 Å². The minimum Gasteiger partial charge on any atom is -0.367 e. The Hall–Kier alpha value is -3.16. The lowest BCUT2D eigenvalue weighted by atomic mass is 10.3. The fraction of sp³-hybridized carbons (Fsp3) is 0.250. The van der Waals surface area contributed by atoms with Gasteiger partial charge in [0, 0.05) is 63.1 Å². The van der Waals surface area contributed by atoms with Crippen LogP contribution in [0.2, 0.25) is 0 Å². The van der Waals surface area contributed by atoms with Crippen molar-refractivity contribution in [3.05, 3.63) is 59.4 Å². The molecule has 122 valence electrons. The number of nitrogens with one attached hydrogen (secondary N) is 1. The Morgan fingerprint density at radius 2 is 1.83 bits per heavy atom. The van der Waals surface area contributed by atoms with Crippen LogP contribution >= 0.6 is 0 Å². The van der Waals surface area contributed by atoms with Gasteiger partial charge in [-0.05, 0) is 12.1 Å². The molecule has 0 aromatic carbocycles. The summed E-state index contributed by atoms with van der Waals surface area (Å²) in [6, 6.07) is 7.11. The van der Waals surface area contributed by atoms with Crippen molar-refractivity contribution in [2.75, 3.05) is 36.0 Å². The Morgan fingerprint density at radius 3 is 2.54 bits per heavy atom. The quantitative estimate of drug-likeness (QED) is 0.763. The minimum absolute atomic E-state index is 0.0822. The highest BCUT2D eigenvalue weighted by Gasteiger charge is 2.19.